The number of fused-ring (bicyclic) bond motifs is 1. The number of hydrogen-bond acceptors (Lipinski definition) is 7. The zero-order chi connectivity index (χ0) is 38.0. The molecule has 10 nitrogen and oxygen atoms in total. The van der Waals surface area contributed by atoms with E-state index < -0.39 is 30.1 Å². The van der Waals surface area contributed by atoms with Crippen LogP contribution in [-0.4, -0.2) is 58.0 Å². The van der Waals surface area contributed by atoms with Crippen LogP contribution in [0.25, 0.3) is 10.9 Å². The average molecular weight is 735 g/mol. The maximum Gasteiger partial charge on any atom is 0.490 e. The minimum atomic E-state index is -5.08. The topological polar surface area (TPSA) is 159 Å². The normalized spacial score (nSPS) is 11.1. The Morgan fingerprint density at radius 1 is 0.960 bits per heavy atom. The number of hydrogen-bond donors (Lipinski definition) is 4. The van der Waals surface area contributed by atoms with Gasteiger partial charge in [-0.1, -0.05) is 23.7 Å². The number of aliphatic carboxylic acids is 2. The molecule has 0 aliphatic carbocycles. The summed E-state index contributed by atoms with van der Waals surface area (Å²) in [6.45, 7) is 6.14. The van der Waals surface area contributed by atoms with Crippen molar-refractivity contribution in [1.82, 2.24) is 4.98 Å². The monoisotopic (exact) mass is 734 g/mol. The van der Waals surface area contributed by atoms with Crippen LogP contribution >= 0.6 is 11.6 Å². The van der Waals surface area contributed by atoms with Crippen LogP contribution in [-0.2, 0) is 16.1 Å². The quantitative estimate of drug-likeness (QED) is 0.0757. The van der Waals surface area contributed by atoms with Crippen LogP contribution in [0.4, 0.5) is 42.2 Å². The number of carboxylic acids is 2. The number of carbonyl (C=O) groups is 2. The van der Waals surface area contributed by atoms with Gasteiger partial charge in [0.2, 0.25) is 0 Å². The fourth-order valence-electron chi connectivity index (χ4n) is 3.88. The number of anilines is 2. The number of nitrogen functional groups attached to an aromatic ring is 1. The second-order valence-electron chi connectivity index (χ2n) is 10.1. The predicted octanol–water partition coefficient (Wildman–Crippen LogP) is 8.10. The van der Waals surface area contributed by atoms with Gasteiger partial charge in [-0.05, 0) is 69.3 Å². The Morgan fingerprint density at radius 2 is 1.52 bits per heavy atom. The Bertz CT molecular complexity index is 1780. The predicted molar refractivity (Wildman–Crippen MR) is 171 cm³/mol. The van der Waals surface area contributed by atoms with Gasteiger partial charge in [-0.2, -0.15) is 26.3 Å². The lowest BCUT2D eigenvalue weighted by Gasteiger charge is -2.26. The Morgan fingerprint density at radius 3 is 2.00 bits per heavy atom. The number of carboxylic acid groups (broad SMARTS) is 2. The molecule has 0 aliphatic rings. The van der Waals surface area contributed by atoms with Crippen molar-refractivity contribution in [3.8, 4) is 11.5 Å². The van der Waals surface area contributed by atoms with Crippen molar-refractivity contribution < 1.29 is 60.0 Å². The maximum atomic E-state index is 15.6. The highest BCUT2D eigenvalue weighted by molar-refractivity contribution is 6.35. The van der Waals surface area contributed by atoms with Crippen molar-refractivity contribution >= 4 is 51.8 Å². The summed E-state index contributed by atoms with van der Waals surface area (Å²) in [4.78, 5) is 24.5. The molecule has 0 saturated carbocycles. The first-order valence-corrected chi connectivity index (χ1v) is 14.5. The van der Waals surface area contributed by atoms with E-state index >= 15 is 4.39 Å². The smallest absolute Gasteiger partial charge is 0.490 e. The molecule has 1 heterocycles. The molecule has 0 saturated heterocycles. The minimum absolute atomic E-state index is 0.0327. The molecule has 0 aliphatic heterocycles. The standard InChI is InChI=1S/C28H28ClFN4O2.2C2HF3O2/c1-4-35-22-14-20(26(30)24(15-22)36-17(2)3)16-34(21-11-8-19(9-12-21)28(31)32)25-13-10-18-6-5-7-23(29)27(18)33-25;2*3-2(4,5)1(6)7/h5-15,17H,4,16H2,1-3H3,(H3,31,32);2*(H,6,7). The molecule has 0 radical (unpaired) electrons. The maximum absolute atomic E-state index is 15.6. The first-order chi connectivity index (χ1) is 23.1. The first kappa shape index (κ1) is 40.9. The number of nitrogens with zero attached hydrogens (tertiary/aromatic N) is 2. The largest absolute Gasteiger partial charge is 0.494 e. The molecule has 5 N–H and O–H groups in total. The Balaban J connectivity index is 0.000000521. The number of aromatic nitrogens is 1. The molecule has 4 rings (SSSR count). The third-order valence-electron chi connectivity index (χ3n) is 6.00. The summed E-state index contributed by atoms with van der Waals surface area (Å²) in [7, 11) is 0. The minimum Gasteiger partial charge on any atom is -0.494 e. The van der Waals surface area contributed by atoms with Gasteiger partial charge in [0, 0.05) is 28.3 Å². The molecular formula is C32H30ClF7N4O6. The molecule has 50 heavy (non-hydrogen) atoms. The van der Waals surface area contributed by atoms with E-state index in [0.717, 1.165) is 11.1 Å². The summed E-state index contributed by atoms with van der Waals surface area (Å²) >= 11 is 6.43. The Kier molecular flexibility index (Phi) is 14.2. The molecule has 0 atom stereocenters. The van der Waals surface area contributed by atoms with Gasteiger partial charge in [0.15, 0.2) is 11.6 Å². The second-order valence-corrected chi connectivity index (χ2v) is 10.5. The lowest BCUT2D eigenvalue weighted by molar-refractivity contribution is -0.193. The van der Waals surface area contributed by atoms with Gasteiger partial charge >= 0.3 is 24.3 Å². The number of benzene rings is 3. The molecule has 0 unspecified atom stereocenters. The Labute approximate surface area is 285 Å². The van der Waals surface area contributed by atoms with Gasteiger partial charge in [-0.3, -0.25) is 5.41 Å². The van der Waals surface area contributed by atoms with Crippen molar-refractivity contribution in [3.63, 3.8) is 0 Å². The summed E-state index contributed by atoms with van der Waals surface area (Å²) in [5.41, 5.74) is 8.00. The molecule has 0 amide bonds. The highest BCUT2D eigenvalue weighted by Gasteiger charge is 2.38. The van der Waals surface area contributed by atoms with Crippen LogP contribution in [0.1, 0.15) is 31.9 Å². The summed E-state index contributed by atoms with van der Waals surface area (Å²) in [6.07, 6.45) is -10.4. The number of alkyl halides is 6. The fourth-order valence-corrected chi connectivity index (χ4v) is 4.10. The fraction of sp³-hybridized carbons (Fsp3) is 0.250. The van der Waals surface area contributed by atoms with Gasteiger partial charge in [-0.15, -0.1) is 0 Å². The third kappa shape index (κ3) is 12.0. The highest BCUT2D eigenvalue weighted by Crippen LogP contribution is 2.34. The van der Waals surface area contributed by atoms with Crippen LogP contribution in [0.3, 0.4) is 0 Å². The van der Waals surface area contributed by atoms with Crippen LogP contribution in [0, 0.1) is 11.2 Å². The van der Waals surface area contributed by atoms with Crippen LogP contribution in [0.2, 0.25) is 5.02 Å². The van der Waals surface area contributed by atoms with Crippen molar-refractivity contribution in [3.05, 3.63) is 88.7 Å². The van der Waals surface area contributed by atoms with Crippen molar-refractivity contribution in [1.29, 1.82) is 5.41 Å². The van der Waals surface area contributed by atoms with E-state index in [4.69, 9.17) is 57.0 Å². The number of ether oxygens (including phenoxy) is 2. The first-order valence-electron chi connectivity index (χ1n) is 14.1. The van der Waals surface area contributed by atoms with E-state index in [-0.39, 0.29) is 24.2 Å². The SMILES string of the molecule is CCOc1cc(CN(c2ccc(C(=N)N)cc2)c2ccc3cccc(Cl)c3n2)c(F)c(OC(C)C)c1.O=C(O)C(F)(F)F.O=C(O)C(F)(F)F. The molecule has 18 heteroatoms. The van der Waals surface area contributed by atoms with Crippen molar-refractivity contribution in [2.75, 3.05) is 11.5 Å². The number of amidine groups is 1. The number of nitrogens with one attached hydrogen (secondary N) is 1. The van der Waals surface area contributed by atoms with E-state index in [1.54, 1.807) is 30.3 Å². The van der Waals surface area contributed by atoms with E-state index in [2.05, 4.69) is 0 Å². The number of nitrogens with two attached hydrogens (primary N) is 1. The summed E-state index contributed by atoms with van der Waals surface area (Å²) in [5, 5.41) is 23.4. The van der Waals surface area contributed by atoms with Crippen molar-refractivity contribution in [2.24, 2.45) is 5.73 Å². The lowest BCUT2D eigenvalue weighted by atomic mass is 10.1. The number of pyridine rings is 1. The van der Waals surface area contributed by atoms with Crippen LogP contribution in [0.15, 0.2) is 66.7 Å². The highest BCUT2D eigenvalue weighted by atomic mass is 35.5. The molecular weight excluding hydrogens is 705 g/mol. The van der Waals surface area contributed by atoms with Gasteiger partial charge in [-0.25, -0.2) is 19.0 Å². The van der Waals surface area contributed by atoms with Gasteiger partial charge < -0.3 is 30.3 Å². The molecule has 4 aromatic rings. The number of para-hydroxylation sites is 1. The summed E-state index contributed by atoms with van der Waals surface area (Å²) < 4.78 is 90.5. The third-order valence-corrected chi connectivity index (χ3v) is 6.30. The van der Waals surface area contributed by atoms with Gasteiger partial charge in [0.1, 0.15) is 17.4 Å². The molecule has 0 bridgehead atoms. The molecule has 270 valence electrons. The van der Waals surface area contributed by atoms with Gasteiger partial charge in [0.25, 0.3) is 0 Å². The molecule has 1 aromatic heterocycles. The number of halogens is 8. The van der Waals surface area contributed by atoms with Crippen molar-refractivity contribution in [2.45, 2.75) is 45.8 Å². The second kappa shape index (κ2) is 17.4. The van der Waals surface area contributed by atoms with E-state index in [1.807, 2.05) is 62.1 Å². The van der Waals surface area contributed by atoms with Crippen LogP contribution < -0.4 is 20.1 Å². The molecule has 0 fully saturated rings. The number of rotatable bonds is 9. The Hall–Kier alpha value is -5.32. The summed E-state index contributed by atoms with van der Waals surface area (Å²) in [6, 6.07) is 19.8. The lowest BCUT2D eigenvalue weighted by Crippen LogP contribution is -2.21. The molecule has 0 spiro atoms. The summed E-state index contributed by atoms with van der Waals surface area (Å²) in [5.74, 6) is -4.78. The average Bonchev–Trinajstić information content (AvgIpc) is 3.01. The van der Waals surface area contributed by atoms with Crippen LogP contribution in [0.5, 0.6) is 11.5 Å². The van der Waals surface area contributed by atoms with Gasteiger partial charge in [0.05, 0.1) is 29.8 Å². The zero-order valence-corrected chi connectivity index (χ0v) is 27.1. The van der Waals surface area contributed by atoms with E-state index in [1.165, 1.54) is 0 Å². The van der Waals surface area contributed by atoms with E-state index in [0.29, 0.717) is 39.8 Å². The van der Waals surface area contributed by atoms with E-state index in [9.17, 15) is 26.3 Å². The molecule has 3 aromatic carbocycles. The zero-order valence-electron chi connectivity index (χ0n) is 26.4.